The lowest BCUT2D eigenvalue weighted by Crippen LogP contribution is -2.36. The predicted octanol–water partition coefficient (Wildman–Crippen LogP) is 4.08. The van der Waals surface area contributed by atoms with Gasteiger partial charge in [0.05, 0.1) is 6.54 Å². The summed E-state index contributed by atoms with van der Waals surface area (Å²) in [7, 11) is 1.51. The zero-order chi connectivity index (χ0) is 22.8. The number of nitrogens with zero attached hydrogens (tertiary/aromatic N) is 1. The number of carbonyl (C=O) groups excluding carboxylic acids is 1. The SMILES string of the molecule is COCc1cc(=O)c(O)c([C@@H](CC(=O)N2CCc3c([nH]c4ccccc34)C2)CC(C)C)o1. The van der Waals surface area contributed by atoms with Gasteiger partial charge in [-0.2, -0.15) is 0 Å². The number of ether oxygens (including phenoxy) is 1. The molecule has 0 fully saturated rings. The number of rotatable bonds is 7. The van der Waals surface area contributed by atoms with Crippen LogP contribution in [0.2, 0.25) is 0 Å². The molecule has 2 aromatic heterocycles. The first-order valence-electron chi connectivity index (χ1n) is 11.1. The topological polar surface area (TPSA) is 95.8 Å². The lowest BCUT2D eigenvalue weighted by molar-refractivity contribution is -0.132. The largest absolute Gasteiger partial charge is 0.502 e. The summed E-state index contributed by atoms with van der Waals surface area (Å²) in [6.45, 7) is 5.38. The first-order chi connectivity index (χ1) is 15.4. The van der Waals surface area contributed by atoms with Gasteiger partial charge >= 0.3 is 0 Å². The van der Waals surface area contributed by atoms with Crippen molar-refractivity contribution < 1.29 is 19.1 Å². The maximum atomic E-state index is 13.3. The number of fused-ring (bicyclic) bond motifs is 3. The number of methoxy groups -OCH3 is 1. The Bertz CT molecular complexity index is 1180. The minimum Gasteiger partial charge on any atom is -0.502 e. The summed E-state index contributed by atoms with van der Waals surface area (Å²) >= 11 is 0. The molecule has 0 saturated carbocycles. The third-order valence-electron chi connectivity index (χ3n) is 6.07. The molecule has 0 spiro atoms. The van der Waals surface area contributed by atoms with E-state index in [1.807, 2.05) is 30.9 Å². The Labute approximate surface area is 187 Å². The van der Waals surface area contributed by atoms with Crippen molar-refractivity contribution in [3.05, 3.63) is 63.3 Å². The van der Waals surface area contributed by atoms with Gasteiger partial charge < -0.3 is 24.1 Å². The summed E-state index contributed by atoms with van der Waals surface area (Å²) in [5, 5.41) is 11.6. The van der Waals surface area contributed by atoms with Crippen LogP contribution in [0.1, 0.15) is 55.4 Å². The van der Waals surface area contributed by atoms with Gasteiger partial charge in [-0.1, -0.05) is 32.0 Å². The lowest BCUT2D eigenvalue weighted by Gasteiger charge is -2.29. The zero-order valence-electron chi connectivity index (χ0n) is 18.8. The van der Waals surface area contributed by atoms with Crippen molar-refractivity contribution in [2.75, 3.05) is 13.7 Å². The van der Waals surface area contributed by atoms with Crippen LogP contribution >= 0.6 is 0 Å². The summed E-state index contributed by atoms with van der Waals surface area (Å²) in [5.41, 5.74) is 2.92. The molecule has 7 heteroatoms. The van der Waals surface area contributed by atoms with Crippen molar-refractivity contribution in [1.82, 2.24) is 9.88 Å². The number of nitrogens with one attached hydrogen (secondary N) is 1. The molecule has 4 rings (SSSR count). The van der Waals surface area contributed by atoms with Gasteiger partial charge in [-0.3, -0.25) is 9.59 Å². The monoisotopic (exact) mass is 438 g/mol. The number of amides is 1. The Hall–Kier alpha value is -3.06. The van der Waals surface area contributed by atoms with Gasteiger partial charge in [0.1, 0.15) is 12.4 Å². The quantitative estimate of drug-likeness (QED) is 0.580. The Balaban J connectivity index is 1.57. The molecule has 1 atom stereocenters. The minimum atomic E-state index is -0.514. The standard InChI is InChI=1S/C25H30N2O5/c1-15(2)10-16(25-24(30)22(28)12-17(32-25)14-31-3)11-23(29)27-9-8-19-18-6-4-5-7-20(18)26-21(19)13-27/h4-7,12,15-16,26,30H,8-11,13-14H2,1-3H3/t16-/m1/s1. The number of para-hydroxylation sites is 1. The van der Waals surface area contributed by atoms with Crippen molar-refractivity contribution in [3.8, 4) is 5.75 Å². The molecule has 1 aliphatic rings. The molecule has 0 radical (unpaired) electrons. The smallest absolute Gasteiger partial charge is 0.227 e. The molecule has 0 aliphatic carbocycles. The maximum absolute atomic E-state index is 13.3. The summed E-state index contributed by atoms with van der Waals surface area (Å²) in [4.78, 5) is 30.8. The van der Waals surface area contributed by atoms with Crippen molar-refractivity contribution in [1.29, 1.82) is 0 Å². The van der Waals surface area contributed by atoms with Crippen molar-refractivity contribution in [3.63, 3.8) is 0 Å². The molecule has 170 valence electrons. The van der Waals surface area contributed by atoms with Gasteiger partial charge in [-0.05, 0) is 30.4 Å². The third kappa shape index (κ3) is 4.43. The molecule has 0 unspecified atom stereocenters. The molecular formula is C25H30N2O5. The van der Waals surface area contributed by atoms with Crippen LogP contribution in [-0.4, -0.2) is 34.6 Å². The first kappa shape index (κ1) is 22.1. The summed E-state index contributed by atoms with van der Waals surface area (Å²) < 4.78 is 10.9. The van der Waals surface area contributed by atoms with Crippen LogP contribution in [0.5, 0.6) is 5.75 Å². The fraction of sp³-hybridized carbons (Fsp3) is 0.440. The Morgan fingerprint density at radius 1 is 1.31 bits per heavy atom. The van der Waals surface area contributed by atoms with E-state index in [4.69, 9.17) is 9.15 Å². The molecular weight excluding hydrogens is 408 g/mol. The van der Waals surface area contributed by atoms with E-state index in [1.54, 1.807) is 0 Å². The second-order valence-corrected chi connectivity index (χ2v) is 8.95. The Kier molecular flexibility index (Phi) is 6.37. The zero-order valence-corrected chi connectivity index (χ0v) is 18.8. The molecule has 1 amide bonds. The number of hydrogen-bond donors (Lipinski definition) is 2. The fourth-order valence-corrected chi connectivity index (χ4v) is 4.64. The number of hydrogen-bond acceptors (Lipinski definition) is 5. The first-order valence-corrected chi connectivity index (χ1v) is 11.1. The van der Waals surface area contributed by atoms with Crippen LogP contribution in [0, 0.1) is 5.92 Å². The van der Waals surface area contributed by atoms with Gasteiger partial charge in [0, 0.05) is 48.7 Å². The van der Waals surface area contributed by atoms with Crippen LogP contribution in [-0.2, 0) is 29.1 Å². The maximum Gasteiger partial charge on any atom is 0.227 e. The average molecular weight is 439 g/mol. The van der Waals surface area contributed by atoms with Crippen molar-refractivity contribution in [2.45, 2.75) is 52.2 Å². The highest BCUT2D eigenvalue weighted by Gasteiger charge is 2.29. The number of carbonyl (C=O) groups is 1. The van der Waals surface area contributed by atoms with E-state index in [1.165, 1.54) is 24.1 Å². The molecule has 1 aromatic carbocycles. The van der Waals surface area contributed by atoms with E-state index in [0.717, 1.165) is 17.6 Å². The van der Waals surface area contributed by atoms with Crippen molar-refractivity contribution in [2.24, 2.45) is 5.92 Å². The normalized spacial score (nSPS) is 14.7. The summed E-state index contributed by atoms with van der Waals surface area (Å²) in [6, 6.07) is 9.43. The molecule has 1 aliphatic heterocycles. The van der Waals surface area contributed by atoms with E-state index < -0.39 is 17.1 Å². The van der Waals surface area contributed by atoms with Gasteiger partial charge in [0.2, 0.25) is 17.1 Å². The van der Waals surface area contributed by atoms with Crippen LogP contribution in [0.3, 0.4) is 0 Å². The van der Waals surface area contributed by atoms with E-state index in [2.05, 4.69) is 17.1 Å². The van der Waals surface area contributed by atoms with E-state index in [9.17, 15) is 14.7 Å². The van der Waals surface area contributed by atoms with E-state index in [0.29, 0.717) is 25.3 Å². The van der Waals surface area contributed by atoms with Gasteiger partial charge in [0.15, 0.2) is 5.76 Å². The molecule has 32 heavy (non-hydrogen) atoms. The summed E-state index contributed by atoms with van der Waals surface area (Å²) in [5.74, 6) is -0.0533. The highest BCUT2D eigenvalue weighted by Crippen LogP contribution is 2.34. The molecule has 2 N–H and O–H groups in total. The van der Waals surface area contributed by atoms with Gasteiger partial charge in [-0.15, -0.1) is 0 Å². The number of H-pyrrole nitrogens is 1. The van der Waals surface area contributed by atoms with Crippen LogP contribution in [0.4, 0.5) is 0 Å². The Morgan fingerprint density at radius 2 is 2.09 bits per heavy atom. The predicted molar refractivity (Wildman–Crippen MR) is 122 cm³/mol. The minimum absolute atomic E-state index is 0.0147. The highest BCUT2D eigenvalue weighted by atomic mass is 16.5. The highest BCUT2D eigenvalue weighted by molar-refractivity contribution is 5.85. The van der Waals surface area contributed by atoms with Gasteiger partial charge in [-0.25, -0.2) is 0 Å². The molecule has 3 heterocycles. The fourth-order valence-electron chi connectivity index (χ4n) is 4.64. The number of aromatic nitrogens is 1. The molecule has 0 bridgehead atoms. The van der Waals surface area contributed by atoms with E-state index in [-0.39, 0.29) is 30.6 Å². The number of aromatic amines is 1. The Morgan fingerprint density at radius 3 is 2.84 bits per heavy atom. The molecule has 3 aromatic rings. The van der Waals surface area contributed by atoms with Gasteiger partial charge in [0.25, 0.3) is 0 Å². The summed E-state index contributed by atoms with van der Waals surface area (Å²) in [6.07, 6.45) is 1.58. The second-order valence-electron chi connectivity index (χ2n) is 8.95. The lowest BCUT2D eigenvalue weighted by atomic mass is 9.90. The molecule has 7 nitrogen and oxygen atoms in total. The third-order valence-corrected chi connectivity index (χ3v) is 6.07. The number of benzene rings is 1. The number of aromatic hydroxyl groups is 1. The second kappa shape index (κ2) is 9.20. The van der Waals surface area contributed by atoms with E-state index >= 15 is 0 Å². The van der Waals surface area contributed by atoms with Crippen molar-refractivity contribution >= 4 is 16.8 Å². The van der Waals surface area contributed by atoms with Crippen LogP contribution in [0.25, 0.3) is 10.9 Å². The average Bonchev–Trinajstić information content (AvgIpc) is 3.13. The molecule has 0 saturated heterocycles. The van der Waals surface area contributed by atoms with Crippen LogP contribution in [0.15, 0.2) is 39.5 Å². The van der Waals surface area contributed by atoms with Crippen LogP contribution < -0.4 is 5.43 Å².